The maximum atomic E-state index is 6.38. The Bertz CT molecular complexity index is 299. The molecule has 1 saturated carbocycles. The minimum absolute atomic E-state index is 0.0637. The lowest BCUT2D eigenvalue weighted by Crippen LogP contribution is -2.50. The van der Waals surface area contributed by atoms with E-state index in [9.17, 15) is 0 Å². The highest BCUT2D eigenvalue weighted by molar-refractivity contribution is 5.19. The van der Waals surface area contributed by atoms with Crippen molar-refractivity contribution in [2.24, 2.45) is 5.73 Å². The number of rotatable bonds is 3. The van der Waals surface area contributed by atoms with E-state index in [0.29, 0.717) is 0 Å². The molecule has 2 rings (SSSR count). The van der Waals surface area contributed by atoms with E-state index in [2.05, 4.69) is 19.0 Å². The summed E-state index contributed by atoms with van der Waals surface area (Å²) in [6, 6.07) is 2.04. The van der Waals surface area contributed by atoms with E-state index in [1.54, 1.807) is 12.5 Å². The van der Waals surface area contributed by atoms with Crippen LogP contribution >= 0.6 is 0 Å². The third-order valence-corrected chi connectivity index (χ3v) is 3.84. The highest BCUT2D eigenvalue weighted by atomic mass is 16.3. The summed E-state index contributed by atoms with van der Waals surface area (Å²) < 4.78 is 5.12. The molecule has 3 heteroatoms. The van der Waals surface area contributed by atoms with Crippen molar-refractivity contribution < 1.29 is 4.42 Å². The van der Waals surface area contributed by atoms with Crippen LogP contribution in [0.3, 0.4) is 0 Å². The third kappa shape index (κ3) is 1.70. The zero-order valence-corrected chi connectivity index (χ0v) is 9.57. The number of likely N-dealkylation sites (N-methyl/N-ethyl adjacent to an activating group) is 1. The van der Waals surface area contributed by atoms with Crippen molar-refractivity contribution in [2.75, 3.05) is 14.1 Å². The lowest BCUT2D eigenvalue weighted by Gasteiger charge is -2.41. The Morgan fingerprint density at radius 2 is 2.07 bits per heavy atom. The Balaban J connectivity index is 2.25. The molecular formula is C12H20N2O. The molecule has 1 fully saturated rings. The molecule has 1 aliphatic carbocycles. The molecule has 0 radical (unpaired) electrons. The van der Waals surface area contributed by atoms with Gasteiger partial charge in [0.2, 0.25) is 0 Å². The molecule has 2 N–H and O–H groups in total. The smallest absolute Gasteiger partial charge is 0.0951 e. The molecule has 84 valence electrons. The predicted octanol–water partition coefficient (Wildman–Crippen LogP) is 2.15. The standard InChI is InChI=1S/C12H20N2O/c1-14(2)12(6-3-4-7-12)11(13)10-5-8-15-9-10/h5,8-9,11H,3-4,6-7,13H2,1-2H3. The van der Waals surface area contributed by atoms with Crippen molar-refractivity contribution in [1.29, 1.82) is 0 Å². The van der Waals surface area contributed by atoms with E-state index in [-0.39, 0.29) is 11.6 Å². The van der Waals surface area contributed by atoms with E-state index in [1.807, 2.05) is 6.07 Å². The first-order valence-corrected chi connectivity index (χ1v) is 5.62. The second kappa shape index (κ2) is 3.99. The second-order valence-electron chi connectivity index (χ2n) is 4.74. The van der Waals surface area contributed by atoms with Gasteiger partial charge in [0, 0.05) is 11.1 Å². The lowest BCUT2D eigenvalue weighted by atomic mass is 9.84. The molecule has 15 heavy (non-hydrogen) atoms. The quantitative estimate of drug-likeness (QED) is 0.827. The lowest BCUT2D eigenvalue weighted by molar-refractivity contribution is 0.123. The highest BCUT2D eigenvalue weighted by Gasteiger charge is 2.42. The van der Waals surface area contributed by atoms with Gasteiger partial charge in [0.05, 0.1) is 18.6 Å². The summed E-state index contributed by atoms with van der Waals surface area (Å²) >= 11 is 0. The molecule has 1 atom stereocenters. The van der Waals surface area contributed by atoms with Crippen LogP contribution in [0.5, 0.6) is 0 Å². The van der Waals surface area contributed by atoms with Crippen LogP contribution < -0.4 is 5.73 Å². The second-order valence-corrected chi connectivity index (χ2v) is 4.74. The van der Waals surface area contributed by atoms with Crippen LogP contribution in [0.1, 0.15) is 37.3 Å². The van der Waals surface area contributed by atoms with E-state index in [0.717, 1.165) is 5.56 Å². The van der Waals surface area contributed by atoms with Crippen molar-refractivity contribution in [3.63, 3.8) is 0 Å². The Labute approximate surface area is 91.2 Å². The first kappa shape index (κ1) is 10.7. The van der Waals surface area contributed by atoms with Crippen molar-refractivity contribution in [3.8, 4) is 0 Å². The summed E-state index contributed by atoms with van der Waals surface area (Å²) in [6.45, 7) is 0. The molecule has 1 unspecified atom stereocenters. The van der Waals surface area contributed by atoms with Gasteiger partial charge >= 0.3 is 0 Å². The average Bonchev–Trinajstić information content (AvgIpc) is 2.89. The molecular weight excluding hydrogens is 188 g/mol. The van der Waals surface area contributed by atoms with Crippen LogP contribution in [0, 0.1) is 0 Å². The van der Waals surface area contributed by atoms with E-state index in [1.165, 1.54) is 25.7 Å². The van der Waals surface area contributed by atoms with Gasteiger partial charge in [0.15, 0.2) is 0 Å². The van der Waals surface area contributed by atoms with Crippen LogP contribution in [0.15, 0.2) is 23.0 Å². The van der Waals surface area contributed by atoms with Gasteiger partial charge in [-0.1, -0.05) is 12.8 Å². The van der Waals surface area contributed by atoms with E-state index < -0.39 is 0 Å². The molecule has 0 saturated heterocycles. The van der Waals surface area contributed by atoms with Crippen molar-refractivity contribution in [1.82, 2.24) is 4.90 Å². The summed E-state index contributed by atoms with van der Waals surface area (Å²) in [5.74, 6) is 0. The first-order valence-electron chi connectivity index (χ1n) is 5.62. The summed E-state index contributed by atoms with van der Waals surface area (Å²) in [6.07, 6.45) is 8.41. The Kier molecular flexibility index (Phi) is 2.85. The van der Waals surface area contributed by atoms with Crippen molar-refractivity contribution >= 4 is 0 Å². The average molecular weight is 208 g/mol. The Morgan fingerprint density at radius 3 is 2.53 bits per heavy atom. The molecule has 0 amide bonds. The van der Waals surface area contributed by atoms with Crippen LogP contribution in [0.2, 0.25) is 0 Å². The van der Waals surface area contributed by atoms with Gasteiger partial charge in [0.25, 0.3) is 0 Å². The van der Waals surface area contributed by atoms with Crippen LogP contribution in [0.4, 0.5) is 0 Å². The molecule has 1 aromatic heterocycles. The number of hydrogen-bond acceptors (Lipinski definition) is 3. The van der Waals surface area contributed by atoms with Gasteiger partial charge in [-0.3, -0.25) is 0 Å². The maximum Gasteiger partial charge on any atom is 0.0951 e. The van der Waals surface area contributed by atoms with E-state index in [4.69, 9.17) is 10.2 Å². The van der Waals surface area contributed by atoms with Gasteiger partial charge < -0.3 is 15.1 Å². The van der Waals surface area contributed by atoms with Crippen LogP contribution in [0.25, 0.3) is 0 Å². The fourth-order valence-corrected chi connectivity index (χ4v) is 2.79. The van der Waals surface area contributed by atoms with Gasteiger partial charge in [-0.05, 0) is 33.0 Å². The summed E-state index contributed by atoms with van der Waals surface area (Å²) in [7, 11) is 4.26. The molecule has 0 spiro atoms. The highest BCUT2D eigenvalue weighted by Crippen LogP contribution is 2.42. The maximum absolute atomic E-state index is 6.38. The predicted molar refractivity (Wildman–Crippen MR) is 60.5 cm³/mol. The zero-order valence-electron chi connectivity index (χ0n) is 9.57. The Morgan fingerprint density at radius 1 is 1.40 bits per heavy atom. The zero-order chi connectivity index (χ0) is 10.9. The van der Waals surface area contributed by atoms with E-state index >= 15 is 0 Å². The molecule has 1 heterocycles. The number of nitrogens with two attached hydrogens (primary N) is 1. The summed E-state index contributed by atoms with van der Waals surface area (Å²) in [4.78, 5) is 2.29. The fraction of sp³-hybridized carbons (Fsp3) is 0.667. The molecule has 1 aromatic rings. The molecule has 0 bridgehead atoms. The van der Waals surface area contributed by atoms with Gasteiger partial charge in [0.1, 0.15) is 0 Å². The van der Waals surface area contributed by atoms with Crippen molar-refractivity contribution in [3.05, 3.63) is 24.2 Å². The summed E-state index contributed by atoms with van der Waals surface area (Å²) in [5, 5.41) is 0. The molecule has 1 aliphatic rings. The molecule has 0 aliphatic heterocycles. The van der Waals surface area contributed by atoms with Gasteiger partial charge in [-0.25, -0.2) is 0 Å². The largest absolute Gasteiger partial charge is 0.472 e. The monoisotopic (exact) mass is 208 g/mol. The summed E-state index contributed by atoms with van der Waals surface area (Å²) in [5.41, 5.74) is 7.62. The third-order valence-electron chi connectivity index (χ3n) is 3.84. The number of nitrogens with zero attached hydrogens (tertiary/aromatic N) is 1. The normalized spacial score (nSPS) is 22.1. The SMILES string of the molecule is CN(C)C1(C(N)c2ccoc2)CCCC1. The number of hydrogen-bond donors (Lipinski definition) is 1. The Hall–Kier alpha value is -0.800. The minimum atomic E-state index is 0.0637. The molecule has 0 aromatic carbocycles. The van der Waals surface area contributed by atoms with Crippen LogP contribution in [-0.4, -0.2) is 24.5 Å². The molecule has 3 nitrogen and oxygen atoms in total. The van der Waals surface area contributed by atoms with Gasteiger partial charge in [-0.2, -0.15) is 0 Å². The van der Waals surface area contributed by atoms with Gasteiger partial charge in [-0.15, -0.1) is 0 Å². The van der Waals surface area contributed by atoms with Crippen molar-refractivity contribution in [2.45, 2.75) is 37.3 Å². The number of furan rings is 1. The van der Waals surface area contributed by atoms with Crippen LogP contribution in [-0.2, 0) is 0 Å². The fourth-order valence-electron chi connectivity index (χ4n) is 2.79. The minimum Gasteiger partial charge on any atom is -0.472 e. The topological polar surface area (TPSA) is 42.4 Å². The first-order chi connectivity index (χ1) is 7.17.